The normalized spacial score (nSPS) is 10.5. The number of benzene rings is 3. The van der Waals surface area contributed by atoms with Gasteiger partial charge < -0.3 is 19.5 Å². The summed E-state index contributed by atoms with van der Waals surface area (Å²) in [7, 11) is 0. The fraction of sp³-hybridized carbons (Fsp3) is 0.321. The molecule has 0 bridgehead atoms. The quantitative estimate of drug-likeness (QED) is 0.278. The Kier molecular flexibility index (Phi) is 10.1. The second kappa shape index (κ2) is 13.8. The number of carbonyl (C=O) groups is 1. The van der Waals surface area contributed by atoms with Gasteiger partial charge in [-0.15, -0.1) is 0 Å². The van der Waals surface area contributed by atoms with Crippen molar-refractivity contribution in [1.82, 2.24) is 0 Å². The second-order valence-electron chi connectivity index (χ2n) is 7.78. The molecule has 0 saturated heterocycles. The smallest absolute Gasteiger partial charge is 0.255 e. The molecule has 0 saturated carbocycles. The molecule has 0 atom stereocenters. The summed E-state index contributed by atoms with van der Waals surface area (Å²) >= 11 is 0. The van der Waals surface area contributed by atoms with Crippen molar-refractivity contribution >= 4 is 11.6 Å². The SMILES string of the molecule is CCCCCCCOc1cccc(NC(=O)c2ccc(OCCOc3ccccc3)cc2)c1. The van der Waals surface area contributed by atoms with Crippen LogP contribution in [0.4, 0.5) is 5.69 Å². The molecule has 0 unspecified atom stereocenters. The van der Waals surface area contributed by atoms with E-state index in [-0.39, 0.29) is 5.91 Å². The average Bonchev–Trinajstić information content (AvgIpc) is 2.85. The number of nitrogens with one attached hydrogen (secondary N) is 1. The van der Waals surface area contributed by atoms with Gasteiger partial charge in [-0.25, -0.2) is 0 Å². The number of hydrogen-bond donors (Lipinski definition) is 1. The van der Waals surface area contributed by atoms with Crippen molar-refractivity contribution in [3.8, 4) is 17.2 Å². The van der Waals surface area contributed by atoms with Crippen LogP contribution in [-0.4, -0.2) is 25.7 Å². The van der Waals surface area contributed by atoms with E-state index in [0.29, 0.717) is 36.8 Å². The molecule has 3 aromatic rings. The number of carbonyl (C=O) groups excluding carboxylic acids is 1. The van der Waals surface area contributed by atoms with Crippen LogP contribution >= 0.6 is 0 Å². The third-order valence-corrected chi connectivity index (χ3v) is 5.09. The van der Waals surface area contributed by atoms with Crippen LogP contribution in [-0.2, 0) is 0 Å². The Morgan fingerprint density at radius 2 is 1.30 bits per heavy atom. The van der Waals surface area contributed by atoms with Crippen molar-refractivity contribution in [3.63, 3.8) is 0 Å². The molecule has 5 nitrogen and oxygen atoms in total. The molecule has 1 amide bonds. The number of para-hydroxylation sites is 1. The summed E-state index contributed by atoms with van der Waals surface area (Å²) in [4.78, 5) is 12.6. The zero-order valence-electron chi connectivity index (χ0n) is 19.3. The fourth-order valence-electron chi connectivity index (χ4n) is 3.30. The molecule has 33 heavy (non-hydrogen) atoms. The Labute approximate surface area is 196 Å². The monoisotopic (exact) mass is 447 g/mol. The zero-order valence-corrected chi connectivity index (χ0v) is 19.3. The number of hydrogen-bond acceptors (Lipinski definition) is 4. The van der Waals surface area contributed by atoms with E-state index in [0.717, 1.165) is 17.9 Å². The Hall–Kier alpha value is -3.47. The van der Waals surface area contributed by atoms with Gasteiger partial charge in [-0.3, -0.25) is 4.79 Å². The van der Waals surface area contributed by atoms with Crippen LogP contribution in [0.1, 0.15) is 49.4 Å². The molecular weight excluding hydrogens is 414 g/mol. The molecule has 3 aromatic carbocycles. The van der Waals surface area contributed by atoms with E-state index in [9.17, 15) is 4.79 Å². The highest BCUT2D eigenvalue weighted by Gasteiger charge is 2.07. The first-order valence-corrected chi connectivity index (χ1v) is 11.7. The summed E-state index contributed by atoms with van der Waals surface area (Å²) in [6.45, 7) is 3.77. The van der Waals surface area contributed by atoms with Gasteiger partial charge in [-0.2, -0.15) is 0 Å². The van der Waals surface area contributed by atoms with Crippen LogP contribution in [0.15, 0.2) is 78.9 Å². The average molecular weight is 448 g/mol. The highest BCUT2D eigenvalue weighted by atomic mass is 16.5. The summed E-state index contributed by atoms with van der Waals surface area (Å²) < 4.78 is 17.1. The summed E-state index contributed by atoms with van der Waals surface area (Å²) in [6.07, 6.45) is 5.99. The van der Waals surface area contributed by atoms with E-state index in [4.69, 9.17) is 14.2 Å². The van der Waals surface area contributed by atoms with Crippen LogP contribution in [0.5, 0.6) is 17.2 Å². The van der Waals surface area contributed by atoms with Crippen LogP contribution in [0.25, 0.3) is 0 Å². The van der Waals surface area contributed by atoms with Crippen molar-refractivity contribution < 1.29 is 19.0 Å². The van der Waals surface area contributed by atoms with Gasteiger partial charge in [0, 0.05) is 17.3 Å². The van der Waals surface area contributed by atoms with Crippen molar-refractivity contribution in [2.75, 3.05) is 25.1 Å². The number of ether oxygens (including phenoxy) is 3. The largest absolute Gasteiger partial charge is 0.494 e. The van der Waals surface area contributed by atoms with E-state index >= 15 is 0 Å². The number of rotatable bonds is 14. The van der Waals surface area contributed by atoms with Crippen molar-refractivity contribution in [2.45, 2.75) is 39.0 Å². The van der Waals surface area contributed by atoms with Gasteiger partial charge in [0.2, 0.25) is 0 Å². The zero-order chi connectivity index (χ0) is 23.1. The fourth-order valence-corrected chi connectivity index (χ4v) is 3.30. The van der Waals surface area contributed by atoms with Crippen molar-refractivity contribution in [1.29, 1.82) is 0 Å². The van der Waals surface area contributed by atoms with Crippen molar-refractivity contribution in [2.24, 2.45) is 0 Å². The van der Waals surface area contributed by atoms with Gasteiger partial charge in [-0.05, 0) is 55.0 Å². The first kappa shape index (κ1) is 24.2. The first-order valence-electron chi connectivity index (χ1n) is 11.7. The molecule has 0 aliphatic carbocycles. The lowest BCUT2D eigenvalue weighted by Gasteiger charge is -2.10. The third-order valence-electron chi connectivity index (χ3n) is 5.09. The molecule has 0 aliphatic heterocycles. The van der Waals surface area contributed by atoms with E-state index in [1.807, 2.05) is 54.6 Å². The maximum absolute atomic E-state index is 12.6. The van der Waals surface area contributed by atoms with Gasteiger partial charge in [0.15, 0.2) is 0 Å². The van der Waals surface area contributed by atoms with E-state index in [2.05, 4.69) is 12.2 Å². The van der Waals surface area contributed by atoms with Crippen molar-refractivity contribution in [3.05, 3.63) is 84.4 Å². The predicted molar refractivity (Wildman–Crippen MR) is 133 cm³/mol. The minimum Gasteiger partial charge on any atom is -0.494 e. The Balaban J connectivity index is 1.40. The van der Waals surface area contributed by atoms with Gasteiger partial charge in [0.1, 0.15) is 30.5 Å². The lowest BCUT2D eigenvalue weighted by atomic mass is 10.2. The molecule has 174 valence electrons. The van der Waals surface area contributed by atoms with Crippen LogP contribution in [0, 0.1) is 0 Å². The number of unbranched alkanes of at least 4 members (excludes halogenated alkanes) is 4. The van der Waals surface area contributed by atoms with Gasteiger partial charge >= 0.3 is 0 Å². The lowest BCUT2D eigenvalue weighted by molar-refractivity contribution is 0.102. The second-order valence-corrected chi connectivity index (χ2v) is 7.78. The Morgan fingerprint density at radius 3 is 2.03 bits per heavy atom. The molecule has 0 heterocycles. The summed E-state index contributed by atoms with van der Waals surface area (Å²) in [5.41, 5.74) is 1.27. The maximum Gasteiger partial charge on any atom is 0.255 e. The number of amides is 1. The molecular formula is C28H33NO4. The molecule has 3 rings (SSSR count). The van der Waals surface area contributed by atoms with E-state index in [1.54, 1.807) is 24.3 Å². The minimum atomic E-state index is -0.175. The van der Waals surface area contributed by atoms with E-state index < -0.39 is 0 Å². The molecule has 1 N–H and O–H groups in total. The summed E-state index contributed by atoms with van der Waals surface area (Å²) in [5.74, 6) is 2.10. The highest BCUT2D eigenvalue weighted by molar-refractivity contribution is 6.04. The van der Waals surface area contributed by atoms with E-state index in [1.165, 1.54) is 25.7 Å². The predicted octanol–water partition coefficient (Wildman–Crippen LogP) is 6.75. The van der Waals surface area contributed by atoms with Gasteiger partial charge in [0.25, 0.3) is 5.91 Å². The van der Waals surface area contributed by atoms with Gasteiger partial charge in [-0.1, -0.05) is 56.9 Å². The third kappa shape index (κ3) is 8.89. The molecule has 5 heteroatoms. The molecule has 0 aliphatic rings. The molecule has 0 fully saturated rings. The molecule has 0 spiro atoms. The highest BCUT2D eigenvalue weighted by Crippen LogP contribution is 2.20. The van der Waals surface area contributed by atoms with Crippen LogP contribution < -0.4 is 19.5 Å². The van der Waals surface area contributed by atoms with Gasteiger partial charge in [0.05, 0.1) is 6.61 Å². The molecule has 0 aromatic heterocycles. The standard InChI is InChI=1S/C28H33NO4/c1-2-3-4-5-9-19-31-27-14-10-11-24(22-27)29-28(30)23-15-17-26(18-16-23)33-21-20-32-25-12-7-6-8-13-25/h6-8,10-18,22H,2-5,9,19-21H2,1H3,(H,29,30). The van der Waals surface area contributed by atoms with Crippen LogP contribution in [0.2, 0.25) is 0 Å². The molecule has 0 radical (unpaired) electrons. The topological polar surface area (TPSA) is 56.8 Å². The Morgan fingerprint density at radius 1 is 0.667 bits per heavy atom. The summed E-state index contributed by atoms with van der Waals surface area (Å²) in [6, 6.07) is 24.2. The minimum absolute atomic E-state index is 0.175. The number of anilines is 1. The maximum atomic E-state index is 12.6. The summed E-state index contributed by atoms with van der Waals surface area (Å²) in [5, 5.41) is 2.93. The first-order chi connectivity index (χ1) is 16.2. The van der Waals surface area contributed by atoms with Crippen LogP contribution in [0.3, 0.4) is 0 Å². The Bertz CT molecular complexity index is 957. The lowest BCUT2D eigenvalue weighted by Crippen LogP contribution is -2.12.